The van der Waals surface area contributed by atoms with E-state index in [1.807, 2.05) is 0 Å². The smallest absolute Gasteiger partial charge is 0.169 e. The van der Waals surface area contributed by atoms with Crippen LogP contribution in [0, 0.1) is 24.5 Å². The lowest BCUT2D eigenvalue weighted by atomic mass is 10.0. The zero-order valence-electron chi connectivity index (χ0n) is 8.52. The second kappa shape index (κ2) is 3.72. The molecule has 3 heteroatoms. The third-order valence-corrected chi connectivity index (χ3v) is 2.75. The normalized spacial score (nSPS) is 15.4. The van der Waals surface area contributed by atoms with Crippen LogP contribution in [0.1, 0.15) is 35.2 Å². The summed E-state index contributed by atoms with van der Waals surface area (Å²) >= 11 is 0. The summed E-state index contributed by atoms with van der Waals surface area (Å²) in [7, 11) is 0. The van der Waals surface area contributed by atoms with Crippen molar-refractivity contribution in [3.05, 3.63) is 34.9 Å². The Hall–Kier alpha value is -1.25. The Morgan fingerprint density at radius 3 is 2.60 bits per heavy atom. The molecule has 80 valence electrons. The molecule has 0 aliphatic heterocycles. The van der Waals surface area contributed by atoms with Crippen molar-refractivity contribution in [1.82, 2.24) is 0 Å². The number of carbonyl (C=O) groups is 1. The Kier molecular flexibility index (Phi) is 2.55. The SMILES string of the molecule is Cc1ccc(C(=O)CC2CC2)c(F)c1F. The van der Waals surface area contributed by atoms with Crippen LogP contribution in [0.5, 0.6) is 0 Å². The van der Waals surface area contributed by atoms with E-state index in [1.54, 1.807) is 0 Å². The highest BCUT2D eigenvalue weighted by Gasteiger charge is 2.26. The topological polar surface area (TPSA) is 17.1 Å². The predicted octanol–water partition coefficient (Wildman–Crippen LogP) is 3.26. The first kappa shape index (κ1) is 10.3. The van der Waals surface area contributed by atoms with E-state index in [2.05, 4.69) is 0 Å². The molecule has 1 saturated carbocycles. The van der Waals surface area contributed by atoms with Gasteiger partial charge in [-0.3, -0.25) is 4.79 Å². The maximum atomic E-state index is 13.4. The Balaban J connectivity index is 2.26. The van der Waals surface area contributed by atoms with Gasteiger partial charge in [-0.2, -0.15) is 0 Å². The number of Topliss-reactive ketones (excluding diaryl/α,β-unsaturated/α-hetero) is 1. The highest BCUT2D eigenvalue weighted by Crippen LogP contribution is 2.34. The molecule has 0 aromatic heterocycles. The summed E-state index contributed by atoms with van der Waals surface area (Å²) in [4.78, 5) is 11.6. The summed E-state index contributed by atoms with van der Waals surface area (Å²) in [5.41, 5.74) is 0.125. The van der Waals surface area contributed by atoms with Crippen molar-refractivity contribution in [2.75, 3.05) is 0 Å². The van der Waals surface area contributed by atoms with E-state index in [0.717, 1.165) is 12.8 Å². The number of aryl methyl sites for hydroxylation is 1. The van der Waals surface area contributed by atoms with E-state index < -0.39 is 11.6 Å². The van der Waals surface area contributed by atoms with Gasteiger partial charge in [-0.05, 0) is 37.3 Å². The van der Waals surface area contributed by atoms with E-state index in [1.165, 1.54) is 19.1 Å². The van der Waals surface area contributed by atoms with E-state index in [4.69, 9.17) is 0 Å². The van der Waals surface area contributed by atoms with Crippen molar-refractivity contribution in [3.63, 3.8) is 0 Å². The minimum Gasteiger partial charge on any atom is -0.294 e. The van der Waals surface area contributed by atoms with Gasteiger partial charge < -0.3 is 0 Å². The fraction of sp³-hybridized carbons (Fsp3) is 0.417. The monoisotopic (exact) mass is 210 g/mol. The van der Waals surface area contributed by atoms with Crippen molar-refractivity contribution >= 4 is 5.78 Å². The van der Waals surface area contributed by atoms with Crippen LogP contribution in [0.4, 0.5) is 8.78 Å². The zero-order chi connectivity index (χ0) is 11.0. The van der Waals surface area contributed by atoms with Gasteiger partial charge in [0.15, 0.2) is 17.4 Å². The van der Waals surface area contributed by atoms with Gasteiger partial charge in [0.2, 0.25) is 0 Å². The Morgan fingerprint density at radius 2 is 2.00 bits per heavy atom. The lowest BCUT2D eigenvalue weighted by molar-refractivity contribution is 0.0971. The van der Waals surface area contributed by atoms with Gasteiger partial charge >= 0.3 is 0 Å². The summed E-state index contributed by atoms with van der Waals surface area (Å²) in [6, 6.07) is 2.82. The van der Waals surface area contributed by atoms with Crippen molar-refractivity contribution in [1.29, 1.82) is 0 Å². The first-order chi connectivity index (χ1) is 7.09. The van der Waals surface area contributed by atoms with Gasteiger partial charge in [-0.25, -0.2) is 8.78 Å². The number of halogens is 2. The van der Waals surface area contributed by atoms with Gasteiger partial charge in [-0.15, -0.1) is 0 Å². The molecule has 15 heavy (non-hydrogen) atoms. The van der Waals surface area contributed by atoms with Gasteiger partial charge in [0, 0.05) is 6.42 Å². The molecule has 1 aliphatic rings. The summed E-state index contributed by atoms with van der Waals surface area (Å²) < 4.78 is 26.6. The van der Waals surface area contributed by atoms with Gasteiger partial charge in [0.1, 0.15) is 0 Å². The molecule has 0 N–H and O–H groups in total. The third kappa shape index (κ3) is 2.06. The van der Waals surface area contributed by atoms with Crippen LogP contribution in [-0.2, 0) is 0 Å². The fourth-order valence-corrected chi connectivity index (χ4v) is 1.56. The van der Waals surface area contributed by atoms with Gasteiger partial charge in [0.05, 0.1) is 5.56 Å². The van der Waals surface area contributed by atoms with E-state index in [0.29, 0.717) is 12.3 Å². The number of rotatable bonds is 3. The Morgan fingerprint density at radius 1 is 1.33 bits per heavy atom. The fourth-order valence-electron chi connectivity index (χ4n) is 1.56. The van der Waals surface area contributed by atoms with Gasteiger partial charge in [0.25, 0.3) is 0 Å². The number of hydrogen-bond donors (Lipinski definition) is 0. The lowest BCUT2D eigenvalue weighted by Gasteiger charge is -2.04. The molecule has 0 heterocycles. The molecule has 1 aliphatic carbocycles. The second-order valence-electron chi connectivity index (χ2n) is 4.13. The van der Waals surface area contributed by atoms with E-state index in [9.17, 15) is 13.6 Å². The van der Waals surface area contributed by atoms with E-state index in [-0.39, 0.29) is 16.9 Å². The number of hydrogen-bond acceptors (Lipinski definition) is 1. The largest absolute Gasteiger partial charge is 0.294 e. The highest BCUT2D eigenvalue weighted by atomic mass is 19.2. The van der Waals surface area contributed by atoms with Gasteiger partial charge in [-0.1, -0.05) is 6.07 Å². The molecule has 0 amide bonds. The first-order valence-corrected chi connectivity index (χ1v) is 5.07. The molecule has 1 aromatic rings. The molecule has 0 atom stereocenters. The van der Waals surface area contributed by atoms with E-state index >= 15 is 0 Å². The number of ketones is 1. The Labute approximate surface area is 87.1 Å². The first-order valence-electron chi connectivity index (χ1n) is 5.07. The van der Waals surface area contributed by atoms with Crippen molar-refractivity contribution < 1.29 is 13.6 Å². The quantitative estimate of drug-likeness (QED) is 0.700. The summed E-state index contributed by atoms with van der Waals surface area (Å²) in [6.07, 6.45) is 2.41. The lowest BCUT2D eigenvalue weighted by Crippen LogP contribution is -2.06. The maximum Gasteiger partial charge on any atom is 0.169 e. The van der Waals surface area contributed by atoms with Crippen LogP contribution in [0.15, 0.2) is 12.1 Å². The van der Waals surface area contributed by atoms with Crippen molar-refractivity contribution in [2.45, 2.75) is 26.2 Å². The summed E-state index contributed by atoms with van der Waals surface area (Å²) in [5, 5.41) is 0. The molecule has 0 spiro atoms. The average molecular weight is 210 g/mol. The molecule has 0 saturated heterocycles. The molecule has 0 bridgehead atoms. The Bertz CT molecular complexity index is 408. The molecule has 0 unspecified atom stereocenters. The molecular weight excluding hydrogens is 198 g/mol. The minimum atomic E-state index is -0.999. The standard InChI is InChI=1S/C12H12F2O/c1-7-2-5-9(12(14)11(7)13)10(15)6-8-3-4-8/h2,5,8H,3-4,6H2,1H3. The van der Waals surface area contributed by atoms with Crippen LogP contribution in [0.25, 0.3) is 0 Å². The maximum absolute atomic E-state index is 13.4. The summed E-state index contributed by atoms with van der Waals surface area (Å²) in [5.74, 6) is -1.80. The molecule has 1 aromatic carbocycles. The van der Waals surface area contributed by atoms with Crippen molar-refractivity contribution in [3.8, 4) is 0 Å². The van der Waals surface area contributed by atoms with Crippen LogP contribution >= 0.6 is 0 Å². The summed E-state index contributed by atoms with van der Waals surface area (Å²) in [6.45, 7) is 1.48. The van der Waals surface area contributed by atoms with Crippen LogP contribution in [0.2, 0.25) is 0 Å². The number of benzene rings is 1. The average Bonchev–Trinajstić information content (AvgIpc) is 2.98. The molecule has 1 nitrogen and oxygen atoms in total. The molecular formula is C12H12F2O. The van der Waals surface area contributed by atoms with Crippen LogP contribution < -0.4 is 0 Å². The molecule has 2 rings (SSSR count). The molecule has 1 fully saturated rings. The van der Waals surface area contributed by atoms with Crippen LogP contribution in [0.3, 0.4) is 0 Å². The zero-order valence-corrected chi connectivity index (χ0v) is 8.52. The third-order valence-electron chi connectivity index (χ3n) is 2.75. The van der Waals surface area contributed by atoms with Crippen molar-refractivity contribution in [2.24, 2.45) is 5.92 Å². The molecule has 0 radical (unpaired) electrons. The van der Waals surface area contributed by atoms with Crippen LogP contribution in [-0.4, -0.2) is 5.78 Å². The second-order valence-corrected chi connectivity index (χ2v) is 4.13. The minimum absolute atomic E-state index is 0.106. The predicted molar refractivity (Wildman–Crippen MR) is 52.8 cm³/mol. The number of carbonyl (C=O) groups excluding carboxylic acids is 1. The highest BCUT2D eigenvalue weighted by molar-refractivity contribution is 5.96.